The fraction of sp³-hybridized carbons (Fsp3) is 0.207. The van der Waals surface area contributed by atoms with Crippen LogP contribution in [0.1, 0.15) is 24.4 Å². The second-order valence-electron chi connectivity index (χ2n) is 9.36. The van der Waals surface area contributed by atoms with Crippen LogP contribution in [0.4, 0.5) is 5.69 Å². The summed E-state index contributed by atoms with van der Waals surface area (Å²) in [7, 11) is 0. The highest BCUT2D eigenvalue weighted by atomic mass is 35.5. The Morgan fingerprint density at radius 2 is 1.76 bits per heavy atom. The molecule has 1 aromatic heterocycles. The van der Waals surface area contributed by atoms with Gasteiger partial charge in [0.15, 0.2) is 11.5 Å². The number of carbonyl (C=O) groups is 2. The van der Waals surface area contributed by atoms with Gasteiger partial charge in [0, 0.05) is 27.7 Å². The highest BCUT2D eigenvalue weighted by Crippen LogP contribution is 2.35. The van der Waals surface area contributed by atoms with Crippen LogP contribution in [-0.2, 0) is 22.6 Å². The zero-order valence-electron chi connectivity index (χ0n) is 20.9. The Morgan fingerprint density at radius 3 is 2.53 bits per heavy atom. The summed E-state index contributed by atoms with van der Waals surface area (Å²) in [6.45, 7) is 3.81. The molecule has 0 aliphatic carbocycles. The second kappa shape index (κ2) is 10.8. The van der Waals surface area contributed by atoms with E-state index < -0.39 is 5.54 Å². The lowest BCUT2D eigenvalue weighted by molar-refractivity contribution is -0.144. The van der Waals surface area contributed by atoms with E-state index in [4.69, 9.17) is 26.1 Å². The van der Waals surface area contributed by atoms with Crippen LogP contribution in [0.15, 0.2) is 78.2 Å². The lowest BCUT2D eigenvalue weighted by Gasteiger charge is -2.37. The number of nitrogens with one attached hydrogen (secondary N) is 1. The highest BCUT2D eigenvalue weighted by molar-refractivity contribution is 7.09. The predicted molar refractivity (Wildman–Crippen MR) is 149 cm³/mol. The smallest absolute Gasteiger partial charge is 0.249 e. The third-order valence-corrected chi connectivity index (χ3v) is 7.43. The van der Waals surface area contributed by atoms with E-state index in [2.05, 4.69) is 5.32 Å². The van der Waals surface area contributed by atoms with Crippen molar-refractivity contribution in [1.29, 1.82) is 0 Å². The molecule has 38 heavy (non-hydrogen) atoms. The molecule has 0 atom stereocenters. The first-order valence-electron chi connectivity index (χ1n) is 12.1. The molecule has 3 aromatic carbocycles. The zero-order valence-corrected chi connectivity index (χ0v) is 22.5. The summed E-state index contributed by atoms with van der Waals surface area (Å²) >= 11 is 7.47. The lowest BCUT2D eigenvalue weighted by atomic mass is 9.99. The van der Waals surface area contributed by atoms with E-state index >= 15 is 0 Å². The number of rotatable bonds is 8. The minimum Gasteiger partial charge on any atom is -0.454 e. The second-order valence-corrected chi connectivity index (χ2v) is 10.7. The van der Waals surface area contributed by atoms with E-state index in [1.807, 2.05) is 60.0 Å². The molecule has 194 valence electrons. The van der Waals surface area contributed by atoms with Gasteiger partial charge in [0.05, 0.1) is 18.7 Å². The third-order valence-electron chi connectivity index (χ3n) is 6.35. The maximum atomic E-state index is 13.7. The Bertz CT molecular complexity index is 1450. The molecule has 0 unspecified atom stereocenters. The molecule has 2 amide bonds. The number of nitrogens with zero attached hydrogens (tertiary/aromatic N) is 2. The number of hydrogen-bond acceptors (Lipinski definition) is 6. The summed E-state index contributed by atoms with van der Waals surface area (Å²) in [4.78, 5) is 33.6. The SMILES string of the molecule is CC(C)(C(=O)Nc1ccc2c(c1)OCO2)N(Cc1nc(-c2ccc(Cl)cc2)cs1)C(=O)Cc1ccccc1. The number of aromatic nitrogens is 1. The molecule has 4 aromatic rings. The van der Waals surface area contributed by atoms with Crippen molar-refractivity contribution in [2.24, 2.45) is 0 Å². The number of benzene rings is 3. The van der Waals surface area contributed by atoms with Gasteiger partial charge in [-0.2, -0.15) is 0 Å². The van der Waals surface area contributed by atoms with Crippen LogP contribution < -0.4 is 14.8 Å². The van der Waals surface area contributed by atoms with E-state index in [9.17, 15) is 9.59 Å². The van der Waals surface area contributed by atoms with Crippen molar-refractivity contribution < 1.29 is 19.1 Å². The number of carbonyl (C=O) groups excluding carboxylic acids is 2. The van der Waals surface area contributed by atoms with E-state index in [0.29, 0.717) is 22.2 Å². The van der Waals surface area contributed by atoms with Gasteiger partial charge in [0.2, 0.25) is 18.6 Å². The van der Waals surface area contributed by atoms with Gasteiger partial charge in [0.25, 0.3) is 0 Å². The number of thiazole rings is 1. The fourth-order valence-corrected chi connectivity index (χ4v) is 5.03. The molecule has 1 N–H and O–H groups in total. The average molecular weight is 548 g/mol. The Hall–Kier alpha value is -3.88. The molecule has 0 spiro atoms. The van der Waals surface area contributed by atoms with Crippen molar-refractivity contribution in [2.45, 2.75) is 32.4 Å². The molecule has 9 heteroatoms. The molecular formula is C29H26ClN3O4S. The Labute approximate surface area is 230 Å². The third kappa shape index (κ3) is 5.66. The van der Waals surface area contributed by atoms with Crippen molar-refractivity contribution >= 4 is 40.4 Å². The van der Waals surface area contributed by atoms with Crippen LogP contribution >= 0.6 is 22.9 Å². The predicted octanol–water partition coefficient (Wildman–Crippen LogP) is 6.18. The Balaban J connectivity index is 1.40. The van der Waals surface area contributed by atoms with Crippen molar-refractivity contribution in [1.82, 2.24) is 9.88 Å². The van der Waals surface area contributed by atoms with Crippen molar-refractivity contribution in [3.63, 3.8) is 0 Å². The van der Waals surface area contributed by atoms with Gasteiger partial charge in [-0.25, -0.2) is 4.98 Å². The number of halogens is 1. The fourth-order valence-electron chi connectivity index (χ4n) is 4.12. The van der Waals surface area contributed by atoms with Crippen LogP contribution in [0.3, 0.4) is 0 Å². The number of amides is 2. The van der Waals surface area contributed by atoms with E-state index in [-0.39, 0.29) is 31.6 Å². The number of fused-ring (bicyclic) bond motifs is 1. The number of ether oxygens (including phenoxy) is 2. The summed E-state index contributed by atoms with van der Waals surface area (Å²) in [5.74, 6) is 0.690. The van der Waals surface area contributed by atoms with Gasteiger partial charge in [0.1, 0.15) is 10.5 Å². The van der Waals surface area contributed by atoms with Crippen LogP contribution in [0.5, 0.6) is 11.5 Å². The maximum Gasteiger partial charge on any atom is 0.249 e. The van der Waals surface area contributed by atoms with Gasteiger partial charge >= 0.3 is 0 Å². The first-order valence-corrected chi connectivity index (χ1v) is 13.3. The van der Waals surface area contributed by atoms with E-state index in [1.54, 1.807) is 36.9 Å². The summed E-state index contributed by atoms with van der Waals surface area (Å²) in [5.41, 5.74) is 1.96. The van der Waals surface area contributed by atoms with Crippen molar-refractivity contribution in [2.75, 3.05) is 12.1 Å². The topological polar surface area (TPSA) is 80.8 Å². The zero-order chi connectivity index (χ0) is 26.7. The Kier molecular flexibility index (Phi) is 7.35. The molecule has 1 aliphatic rings. The Morgan fingerprint density at radius 1 is 1.03 bits per heavy atom. The molecule has 0 radical (unpaired) electrons. The first-order chi connectivity index (χ1) is 18.3. The van der Waals surface area contributed by atoms with Gasteiger partial charge in [-0.1, -0.05) is 54.1 Å². The van der Waals surface area contributed by atoms with Gasteiger partial charge < -0.3 is 19.7 Å². The summed E-state index contributed by atoms with van der Waals surface area (Å²) in [5, 5.41) is 6.25. The van der Waals surface area contributed by atoms with Gasteiger partial charge in [-0.15, -0.1) is 11.3 Å². The minimum atomic E-state index is -1.19. The quantitative estimate of drug-likeness (QED) is 0.285. The van der Waals surface area contributed by atoms with Crippen LogP contribution in [-0.4, -0.2) is 34.0 Å². The summed E-state index contributed by atoms with van der Waals surface area (Å²) < 4.78 is 10.8. The van der Waals surface area contributed by atoms with E-state index in [0.717, 1.165) is 21.8 Å². The standard InChI is InChI=1S/C29H26ClN3O4S/c1-29(2,28(35)31-22-12-13-24-25(15-22)37-18-36-24)33(27(34)14-19-6-4-3-5-7-19)16-26-32-23(17-38-26)20-8-10-21(30)11-9-20/h3-13,15,17H,14,16,18H2,1-2H3,(H,31,35). The molecular weight excluding hydrogens is 522 g/mol. The van der Waals surface area contributed by atoms with Crippen molar-refractivity contribution in [3.8, 4) is 22.8 Å². The van der Waals surface area contributed by atoms with Gasteiger partial charge in [-0.05, 0) is 43.7 Å². The highest BCUT2D eigenvalue weighted by Gasteiger charge is 2.38. The van der Waals surface area contributed by atoms with Crippen LogP contribution in [0.25, 0.3) is 11.3 Å². The molecule has 0 saturated heterocycles. The normalized spacial score (nSPS) is 12.3. The molecule has 5 rings (SSSR count). The molecule has 0 fully saturated rings. The van der Waals surface area contributed by atoms with Crippen LogP contribution in [0.2, 0.25) is 5.02 Å². The number of hydrogen-bond donors (Lipinski definition) is 1. The van der Waals surface area contributed by atoms with E-state index in [1.165, 1.54) is 11.3 Å². The lowest BCUT2D eigenvalue weighted by Crippen LogP contribution is -2.55. The maximum absolute atomic E-state index is 13.7. The molecule has 7 nitrogen and oxygen atoms in total. The van der Waals surface area contributed by atoms with Gasteiger partial charge in [-0.3, -0.25) is 9.59 Å². The largest absolute Gasteiger partial charge is 0.454 e. The summed E-state index contributed by atoms with van der Waals surface area (Å²) in [6, 6.07) is 22.1. The number of anilines is 1. The molecule has 0 saturated carbocycles. The molecule has 0 bridgehead atoms. The summed E-state index contributed by atoms with van der Waals surface area (Å²) in [6.07, 6.45) is 0.164. The van der Waals surface area contributed by atoms with Crippen molar-refractivity contribution in [3.05, 3.63) is 93.8 Å². The minimum absolute atomic E-state index is 0.145. The first kappa shape index (κ1) is 25.8. The molecule has 2 heterocycles. The monoisotopic (exact) mass is 547 g/mol. The van der Waals surface area contributed by atoms with Crippen LogP contribution in [0, 0.1) is 0 Å². The molecule has 1 aliphatic heterocycles. The average Bonchev–Trinajstić information content (AvgIpc) is 3.57.